The molecule has 8 heteroatoms. The summed E-state index contributed by atoms with van der Waals surface area (Å²) in [6.07, 6.45) is -0.133. The van der Waals surface area contributed by atoms with Crippen molar-refractivity contribution in [2.24, 2.45) is 0 Å². The molecule has 0 unspecified atom stereocenters. The second-order valence-electron chi connectivity index (χ2n) is 4.13. The fraction of sp³-hybridized carbons (Fsp3) is 0.231. The van der Waals surface area contributed by atoms with Gasteiger partial charge in [0.25, 0.3) is 0 Å². The summed E-state index contributed by atoms with van der Waals surface area (Å²) in [5.74, 6) is -0.905. The van der Waals surface area contributed by atoms with Crippen LogP contribution in [0.2, 0.25) is 0 Å². The lowest BCUT2D eigenvalue weighted by Crippen LogP contribution is -2.04. The van der Waals surface area contributed by atoms with E-state index in [0.717, 1.165) is 0 Å². The molecule has 1 aromatic carbocycles. The fourth-order valence-corrected chi connectivity index (χ4v) is 4.91. The van der Waals surface area contributed by atoms with Crippen LogP contribution in [0.25, 0.3) is 0 Å². The first-order valence-corrected chi connectivity index (χ1v) is 9.43. The Labute approximate surface area is 131 Å². The maximum absolute atomic E-state index is 12.1. The van der Waals surface area contributed by atoms with Crippen LogP contribution in [0.15, 0.2) is 43.8 Å². The van der Waals surface area contributed by atoms with Crippen LogP contribution in [0.4, 0.5) is 0 Å². The second-order valence-corrected chi connectivity index (χ2v) is 8.52. The van der Waals surface area contributed by atoms with E-state index in [1.165, 1.54) is 23.1 Å². The molecule has 2 aromatic rings. The molecule has 1 aromatic heterocycles. The molecule has 0 saturated carbocycles. The van der Waals surface area contributed by atoms with Crippen LogP contribution in [0, 0.1) is 0 Å². The van der Waals surface area contributed by atoms with Crippen LogP contribution in [-0.4, -0.2) is 30.2 Å². The van der Waals surface area contributed by atoms with Crippen molar-refractivity contribution in [3.05, 3.63) is 35.3 Å². The van der Waals surface area contributed by atoms with Crippen molar-refractivity contribution >= 4 is 38.9 Å². The molecule has 112 valence electrons. The fourth-order valence-electron chi connectivity index (χ4n) is 1.61. The Morgan fingerprint density at radius 1 is 1.38 bits per heavy atom. The van der Waals surface area contributed by atoms with Crippen molar-refractivity contribution in [2.75, 3.05) is 5.75 Å². The lowest BCUT2D eigenvalue weighted by molar-refractivity contribution is -0.136. The number of aliphatic carboxylic acids is 1. The third-order valence-corrected chi connectivity index (χ3v) is 6.60. The summed E-state index contributed by atoms with van der Waals surface area (Å²) in [6.45, 7) is 1.60. The van der Waals surface area contributed by atoms with Crippen molar-refractivity contribution in [1.29, 1.82) is 0 Å². The molecule has 1 N–H and O–H groups in total. The molecule has 0 aliphatic rings. The third kappa shape index (κ3) is 4.05. The number of nitrogens with zero attached hydrogens (tertiary/aromatic N) is 1. The molecule has 0 aliphatic heterocycles. The number of aromatic nitrogens is 1. The normalized spacial score (nSPS) is 11.5. The Morgan fingerprint density at radius 3 is 2.76 bits per heavy atom. The summed E-state index contributed by atoms with van der Waals surface area (Å²) in [5.41, 5.74) is 0.478. The topological polar surface area (TPSA) is 84.3 Å². The summed E-state index contributed by atoms with van der Waals surface area (Å²) < 4.78 is 24.7. The number of benzene rings is 1. The van der Waals surface area contributed by atoms with Crippen LogP contribution in [-0.2, 0) is 21.1 Å². The van der Waals surface area contributed by atoms with Gasteiger partial charge in [-0.25, -0.2) is 13.4 Å². The summed E-state index contributed by atoms with van der Waals surface area (Å²) in [6, 6.07) is 6.76. The van der Waals surface area contributed by atoms with Crippen LogP contribution in [0.5, 0.6) is 0 Å². The molecule has 2 rings (SSSR count). The lowest BCUT2D eigenvalue weighted by atomic mass is 10.3. The largest absolute Gasteiger partial charge is 0.481 e. The molecule has 0 fully saturated rings. The highest BCUT2D eigenvalue weighted by Gasteiger charge is 2.18. The van der Waals surface area contributed by atoms with Crippen LogP contribution >= 0.6 is 23.1 Å². The summed E-state index contributed by atoms with van der Waals surface area (Å²) in [5, 5.41) is 10.4. The highest BCUT2D eigenvalue weighted by Crippen LogP contribution is 2.34. The van der Waals surface area contributed by atoms with Crippen molar-refractivity contribution in [1.82, 2.24) is 4.98 Å². The molecule has 0 amide bonds. The van der Waals surface area contributed by atoms with Crippen LogP contribution in [0.3, 0.4) is 0 Å². The number of carbonyl (C=O) groups is 1. The third-order valence-electron chi connectivity index (χ3n) is 2.62. The Hall–Kier alpha value is -1.38. The molecule has 5 nitrogen and oxygen atoms in total. The molecular weight excluding hydrogens is 330 g/mol. The van der Waals surface area contributed by atoms with E-state index in [2.05, 4.69) is 4.98 Å². The molecule has 0 spiro atoms. The molecule has 0 radical (unpaired) electrons. The highest BCUT2D eigenvalue weighted by atomic mass is 32.2. The number of sulfone groups is 1. The zero-order valence-corrected chi connectivity index (χ0v) is 13.6. The van der Waals surface area contributed by atoms with Gasteiger partial charge in [0.05, 0.1) is 22.8 Å². The molecule has 0 bridgehead atoms. The van der Waals surface area contributed by atoms with Crippen molar-refractivity contribution in [3.8, 4) is 0 Å². The minimum Gasteiger partial charge on any atom is -0.481 e. The zero-order valence-electron chi connectivity index (χ0n) is 11.1. The highest BCUT2D eigenvalue weighted by molar-refractivity contribution is 8.01. The predicted molar refractivity (Wildman–Crippen MR) is 81.7 cm³/mol. The van der Waals surface area contributed by atoms with Crippen molar-refractivity contribution < 1.29 is 18.3 Å². The van der Waals surface area contributed by atoms with E-state index in [-0.39, 0.29) is 17.1 Å². The lowest BCUT2D eigenvalue weighted by Gasteiger charge is -2.06. The molecule has 21 heavy (non-hydrogen) atoms. The van der Waals surface area contributed by atoms with Gasteiger partial charge >= 0.3 is 5.97 Å². The number of carboxylic acid groups (broad SMARTS) is 1. The quantitative estimate of drug-likeness (QED) is 0.868. The summed E-state index contributed by atoms with van der Waals surface area (Å²) in [7, 11) is -3.30. The Kier molecular flexibility index (Phi) is 5.02. The number of thiazole rings is 1. The van der Waals surface area contributed by atoms with E-state index in [4.69, 9.17) is 5.11 Å². The smallest absolute Gasteiger partial charge is 0.309 e. The predicted octanol–water partition coefficient (Wildman–Crippen LogP) is 2.72. The summed E-state index contributed by atoms with van der Waals surface area (Å²) >= 11 is 2.55. The van der Waals surface area contributed by atoms with E-state index >= 15 is 0 Å². The number of carboxylic acids is 1. The Bertz CT molecular complexity index is 752. The Morgan fingerprint density at radius 2 is 2.10 bits per heavy atom. The van der Waals surface area contributed by atoms with Gasteiger partial charge < -0.3 is 5.11 Å². The maximum atomic E-state index is 12.1. The van der Waals surface area contributed by atoms with Crippen LogP contribution in [0.1, 0.15) is 12.6 Å². The van der Waals surface area contributed by atoms with E-state index < -0.39 is 15.8 Å². The molecule has 0 aliphatic carbocycles. The van der Waals surface area contributed by atoms with Gasteiger partial charge in [-0.05, 0) is 12.1 Å². The van der Waals surface area contributed by atoms with E-state index in [1.54, 1.807) is 36.6 Å². The first-order valence-electron chi connectivity index (χ1n) is 6.08. The van der Waals surface area contributed by atoms with Gasteiger partial charge in [-0.3, -0.25) is 4.79 Å². The van der Waals surface area contributed by atoms with Crippen molar-refractivity contribution in [2.45, 2.75) is 27.5 Å². The monoisotopic (exact) mass is 343 g/mol. The van der Waals surface area contributed by atoms with Gasteiger partial charge in [0, 0.05) is 10.3 Å². The molecule has 0 atom stereocenters. The first-order chi connectivity index (χ1) is 9.92. The number of hydrogen-bond acceptors (Lipinski definition) is 6. The second kappa shape index (κ2) is 6.59. The standard InChI is InChI=1S/C13H13NO4S3/c1-2-21(17,18)11-6-4-3-5-10(11)20-13-14-9(8-19-13)7-12(15)16/h3-6,8H,2,7H2,1H3,(H,15,16). The molecular formula is C13H13NO4S3. The van der Waals surface area contributed by atoms with Crippen molar-refractivity contribution in [3.63, 3.8) is 0 Å². The van der Waals surface area contributed by atoms with Gasteiger partial charge in [0.1, 0.15) is 0 Å². The maximum Gasteiger partial charge on any atom is 0.309 e. The first kappa shape index (κ1) is 16.0. The SMILES string of the molecule is CCS(=O)(=O)c1ccccc1Sc1nc(CC(=O)O)cs1. The van der Waals surface area contributed by atoms with E-state index in [9.17, 15) is 13.2 Å². The zero-order chi connectivity index (χ0) is 15.5. The molecule has 1 heterocycles. The minimum atomic E-state index is -3.30. The number of rotatable bonds is 6. The van der Waals surface area contributed by atoms with E-state index in [0.29, 0.717) is 14.9 Å². The average Bonchev–Trinajstić information content (AvgIpc) is 2.85. The van der Waals surface area contributed by atoms with Gasteiger partial charge in [0.15, 0.2) is 14.2 Å². The number of hydrogen-bond donors (Lipinski definition) is 1. The Balaban J connectivity index is 2.28. The van der Waals surface area contributed by atoms with Gasteiger partial charge in [-0.15, -0.1) is 11.3 Å². The minimum absolute atomic E-state index is 0.0344. The molecule has 0 saturated heterocycles. The van der Waals surface area contributed by atoms with Gasteiger partial charge in [0.2, 0.25) is 0 Å². The van der Waals surface area contributed by atoms with Gasteiger partial charge in [-0.1, -0.05) is 30.8 Å². The van der Waals surface area contributed by atoms with E-state index in [1.807, 2.05) is 0 Å². The average molecular weight is 343 g/mol. The van der Waals surface area contributed by atoms with Gasteiger partial charge in [-0.2, -0.15) is 0 Å². The summed E-state index contributed by atoms with van der Waals surface area (Å²) in [4.78, 5) is 15.7. The van der Waals surface area contributed by atoms with Crippen LogP contribution < -0.4 is 0 Å².